The van der Waals surface area contributed by atoms with Gasteiger partial charge in [0.05, 0.1) is 0 Å². The summed E-state index contributed by atoms with van der Waals surface area (Å²) in [5.74, 6) is 1.59. The van der Waals surface area contributed by atoms with Crippen molar-refractivity contribution in [1.82, 2.24) is 9.97 Å². The van der Waals surface area contributed by atoms with Crippen LogP contribution >= 0.6 is 0 Å². The van der Waals surface area contributed by atoms with E-state index >= 15 is 0 Å². The molecule has 2 aromatic carbocycles. The Balaban J connectivity index is 1.72. The molecule has 0 aliphatic carbocycles. The molecule has 0 radical (unpaired) electrons. The molecule has 0 aliphatic rings. The minimum Gasteiger partial charge on any atom is -0.366 e. The summed E-state index contributed by atoms with van der Waals surface area (Å²) in [4.78, 5) is 11.3. The maximum atomic E-state index is 4.68. The fourth-order valence-corrected chi connectivity index (χ4v) is 2.74. The molecule has 25 heavy (non-hydrogen) atoms. The normalized spacial score (nSPS) is 10.5. The van der Waals surface area contributed by atoms with Crippen molar-refractivity contribution in [3.8, 4) is 0 Å². The van der Waals surface area contributed by atoms with Crippen LogP contribution in [0.5, 0.6) is 0 Å². The molecule has 0 saturated heterocycles. The summed E-state index contributed by atoms with van der Waals surface area (Å²) in [6.07, 6.45) is 0. The van der Waals surface area contributed by atoms with Crippen molar-refractivity contribution in [3.63, 3.8) is 0 Å². The van der Waals surface area contributed by atoms with Gasteiger partial charge in [0.25, 0.3) is 0 Å². The van der Waals surface area contributed by atoms with Crippen LogP contribution in [0.25, 0.3) is 0 Å². The van der Waals surface area contributed by atoms with E-state index in [0.717, 1.165) is 30.5 Å². The van der Waals surface area contributed by atoms with Gasteiger partial charge in [-0.2, -0.15) is 4.98 Å². The predicted molar refractivity (Wildman–Crippen MR) is 104 cm³/mol. The second-order valence-electron chi connectivity index (χ2n) is 6.32. The van der Waals surface area contributed by atoms with Crippen LogP contribution in [-0.4, -0.2) is 17.0 Å². The van der Waals surface area contributed by atoms with E-state index in [0.29, 0.717) is 0 Å². The second-order valence-corrected chi connectivity index (χ2v) is 6.32. The molecule has 0 unspecified atom stereocenters. The van der Waals surface area contributed by atoms with Crippen LogP contribution in [0.15, 0.2) is 60.7 Å². The molecular formula is C21H24N4. The highest BCUT2D eigenvalue weighted by Crippen LogP contribution is 2.16. The van der Waals surface area contributed by atoms with Crippen LogP contribution in [0, 0.1) is 13.8 Å². The number of anilines is 2. The lowest BCUT2D eigenvalue weighted by Crippen LogP contribution is -2.20. The number of aromatic nitrogens is 2. The van der Waals surface area contributed by atoms with Crippen LogP contribution < -0.4 is 10.2 Å². The Morgan fingerprint density at radius 2 is 1.64 bits per heavy atom. The summed E-state index contributed by atoms with van der Waals surface area (Å²) in [5.41, 5.74) is 4.75. The molecule has 1 heterocycles. The molecule has 4 nitrogen and oxygen atoms in total. The van der Waals surface area contributed by atoms with Crippen LogP contribution in [0.2, 0.25) is 0 Å². The number of rotatable bonds is 6. The van der Waals surface area contributed by atoms with Crippen molar-refractivity contribution in [2.75, 3.05) is 17.3 Å². The largest absolute Gasteiger partial charge is 0.366 e. The lowest BCUT2D eigenvalue weighted by Gasteiger charge is -2.19. The van der Waals surface area contributed by atoms with Gasteiger partial charge in [-0.15, -0.1) is 0 Å². The van der Waals surface area contributed by atoms with Gasteiger partial charge in [0.1, 0.15) is 5.82 Å². The van der Waals surface area contributed by atoms with Gasteiger partial charge in [0, 0.05) is 31.9 Å². The zero-order chi connectivity index (χ0) is 17.6. The van der Waals surface area contributed by atoms with Crippen molar-refractivity contribution in [1.29, 1.82) is 0 Å². The highest BCUT2D eigenvalue weighted by molar-refractivity contribution is 5.44. The van der Waals surface area contributed by atoms with E-state index in [1.165, 1.54) is 16.7 Å². The van der Waals surface area contributed by atoms with Gasteiger partial charge in [0.15, 0.2) is 0 Å². The minimum absolute atomic E-state index is 0.733. The van der Waals surface area contributed by atoms with Gasteiger partial charge in [0.2, 0.25) is 5.95 Å². The van der Waals surface area contributed by atoms with Gasteiger partial charge in [-0.05, 0) is 30.5 Å². The first-order valence-corrected chi connectivity index (χ1v) is 8.51. The predicted octanol–water partition coefficient (Wildman–Crippen LogP) is 4.34. The number of hydrogen-bond donors (Lipinski definition) is 1. The Labute approximate surface area is 149 Å². The molecule has 1 aromatic heterocycles. The first kappa shape index (κ1) is 17.0. The highest BCUT2D eigenvalue weighted by Gasteiger charge is 2.08. The van der Waals surface area contributed by atoms with Gasteiger partial charge >= 0.3 is 0 Å². The SMILES string of the molecule is Cc1cc(NCc2ccccc2C)nc(N(C)Cc2ccccc2)n1. The lowest BCUT2D eigenvalue weighted by atomic mass is 10.1. The standard InChI is InChI=1S/C21H24N4/c1-16-9-7-8-12-19(16)14-22-20-13-17(2)23-21(24-20)25(3)15-18-10-5-4-6-11-18/h4-13H,14-15H2,1-3H3,(H,22,23,24). The third-order valence-corrected chi connectivity index (χ3v) is 4.17. The fourth-order valence-electron chi connectivity index (χ4n) is 2.74. The van der Waals surface area contributed by atoms with E-state index in [1.54, 1.807) is 0 Å². The Bertz CT molecular complexity index is 830. The van der Waals surface area contributed by atoms with E-state index < -0.39 is 0 Å². The van der Waals surface area contributed by atoms with Gasteiger partial charge in [-0.25, -0.2) is 4.98 Å². The van der Waals surface area contributed by atoms with Gasteiger partial charge in [-0.1, -0.05) is 54.6 Å². The summed E-state index contributed by atoms with van der Waals surface area (Å²) in [6, 6.07) is 20.7. The molecule has 0 bridgehead atoms. The first-order chi connectivity index (χ1) is 12.1. The number of aryl methyl sites for hydroxylation is 2. The molecule has 3 aromatic rings. The molecule has 3 rings (SSSR count). The third kappa shape index (κ3) is 4.57. The topological polar surface area (TPSA) is 41.1 Å². The van der Waals surface area contributed by atoms with E-state index in [9.17, 15) is 0 Å². The quantitative estimate of drug-likeness (QED) is 0.729. The molecule has 0 spiro atoms. The second kappa shape index (κ2) is 7.79. The molecule has 0 aliphatic heterocycles. The van der Waals surface area contributed by atoms with Crippen LogP contribution in [0.4, 0.5) is 11.8 Å². The Hall–Kier alpha value is -2.88. The van der Waals surface area contributed by atoms with Crippen LogP contribution in [0.3, 0.4) is 0 Å². The summed E-state index contributed by atoms with van der Waals surface area (Å²) < 4.78 is 0. The average Bonchev–Trinajstić information content (AvgIpc) is 2.61. The minimum atomic E-state index is 0.733. The summed E-state index contributed by atoms with van der Waals surface area (Å²) in [5, 5.41) is 3.42. The number of benzene rings is 2. The van der Waals surface area contributed by atoms with Crippen molar-refractivity contribution >= 4 is 11.8 Å². The molecule has 1 N–H and O–H groups in total. The zero-order valence-electron chi connectivity index (χ0n) is 15.0. The number of nitrogens with zero attached hydrogens (tertiary/aromatic N) is 3. The fraction of sp³-hybridized carbons (Fsp3) is 0.238. The van der Waals surface area contributed by atoms with Crippen LogP contribution in [0.1, 0.15) is 22.4 Å². The lowest BCUT2D eigenvalue weighted by molar-refractivity contribution is 0.858. The molecular weight excluding hydrogens is 308 g/mol. The monoisotopic (exact) mass is 332 g/mol. The van der Waals surface area contributed by atoms with Gasteiger partial charge < -0.3 is 10.2 Å². The highest BCUT2D eigenvalue weighted by atomic mass is 15.2. The first-order valence-electron chi connectivity index (χ1n) is 8.51. The van der Waals surface area contributed by atoms with Gasteiger partial charge in [-0.3, -0.25) is 0 Å². The molecule has 0 saturated carbocycles. The van der Waals surface area contributed by atoms with E-state index in [4.69, 9.17) is 0 Å². The smallest absolute Gasteiger partial charge is 0.227 e. The van der Waals surface area contributed by atoms with E-state index in [2.05, 4.69) is 75.6 Å². The number of hydrogen-bond acceptors (Lipinski definition) is 4. The third-order valence-electron chi connectivity index (χ3n) is 4.17. The Morgan fingerprint density at radius 3 is 2.40 bits per heavy atom. The Kier molecular flexibility index (Phi) is 5.29. The molecule has 4 heteroatoms. The van der Waals surface area contributed by atoms with Crippen LogP contribution in [-0.2, 0) is 13.1 Å². The summed E-state index contributed by atoms with van der Waals surface area (Å²) >= 11 is 0. The average molecular weight is 332 g/mol. The molecule has 0 fully saturated rings. The van der Waals surface area contributed by atoms with Crippen molar-refractivity contribution in [3.05, 3.63) is 83.0 Å². The zero-order valence-corrected chi connectivity index (χ0v) is 15.0. The number of nitrogens with one attached hydrogen (secondary N) is 1. The molecule has 0 atom stereocenters. The van der Waals surface area contributed by atoms with E-state index in [1.807, 2.05) is 26.1 Å². The van der Waals surface area contributed by atoms with Crippen molar-refractivity contribution in [2.45, 2.75) is 26.9 Å². The molecule has 0 amide bonds. The Morgan fingerprint density at radius 1 is 0.920 bits per heavy atom. The van der Waals surface area contributed by atoms with Crippen molar-refractivity contribution < 1.29 is 0 Å². The summed E-state index contributed by atoms with van der Waals surface area (Å²) in [7, 11) is 2.02. The summed E-state index contributed by atoms with van der Waals surface area (Å²) in [6.45, 7) is 5.66. The maximum absolute atomic E-state index is 4.68. The maximum Gasteiger partial charge on any atom is 0.227 e. The van der Waals surface area contributed by atoms with E-state index in [-0.39, 0.29) is 0 Å². The van der Waals surface area contributed by atoms with Crippen molar-refractivity contribution in [2.24, 2.45) is 0 Å². The molecule has 128 valence electrons.